The molecule has 0 aliphatic heterocycles. The maximum atomic E-state index is 6.25. The molecule has 0 aliphatic carbocycles. The molecule has 0 spiro atoms. The average molecular weight is 310 g/mol. The van der Waals surface area contributed by atoms with Gasteiger partial charge in [-0.15, -0.1) is 0 Å². The van der Waals surface area contributed by atoms with Gasteiger partial charge >= 0.3 is 0 Å². The van der Waals surface area contributed by atoms with E-state index in [1.807, 2.05) is 48.5 Å². The molecular formula is C17H18N4O2. The number of rotatable bonds is 5. The summed E-state index contributed by atoms with van der Waals surface area (Å²) in [5.41, 5.74) is 8.08. The molecule has 1 atom stereocenters. The van der Waals surface area contributed by atoms with Gasteiger partial charge in [0.1, 0.15) is 17.3 Å². The van der Waals surface area contributed by atoms with Crippen molar-refractivity contribution in [1.29, 1.82) is 0 Å². The van der Waals surface area contributed by atoms with Crippen LogP contribution >= 0.6 is 0 Å². The molecule has 6 heteroatoms. The molecule has 3 aromatic rings. The van der Waals surface area contributed by atoms with Crippen LogP contribution < -0.4 is 15.2 Å². The smallest absolute Gasteiger partial charge is 0.181 e. The van der Waals surface area contributed by atoms with Gasteiger partial charge < -0.3 is 15.2 Å². The number of nitrogens with one attached hydrogen (secondary N) is 1. The summed E-state index contributed by atoms with van der Waals surface area (Å²) in [4.78, 5) is 4.49. The lowest BCUT2D eigenvalue weighted by Gasteiger charge is -2.09. The fourth-order valence-corrected chi connectivity index (χ4v) is 2.25. The lowest BCUT2D eigenvalue weighted by atomic mass is 10.1. The van der Waals surface area contributed by atoms with Gasteiger partial charge in [0.15, 0.2) is 5.82 Å². The average Bonchev–Trinajstić information content (AvgIpc) is 3.11. The zero-order valence-electron chi connectivity index (χ0n) is 13.0. The maximum absolute atomic E-state index is 6.25. The Morgan fingerprint density at radius 1 is 0.913 bits per heavy atom. The monoisotopic (exact) mass is 310 g/mol. The predicted octanol–water partition coefficient (Wildman–Crippen LogP) is 2.54. The minimum Gasteiger partial charge on any atom is -0.497 e. The van der Waals surface area contributed by atoms with Gasteiger partial charge in [-0.05, 0) is 42.0 Å². The topological polar surface area (TPSA) is 86.0 Å². The number of nitrogens with zero attached hydrogens (tertiary/aromatic N) is 2. The van der Waals surface area contributed by atoms with Crippen molar-refractivity contribution < 1.29 is 9.47 Å². The highest BCUT2D eigenvalue weighted by Gasteiger charge is 2.15. The molecule has 1 unspecified atom stereocenters. The Morgan fingerprint density at radius 2 is 1.48 bits per heavy atom. The van der Waals surface area contributed by atoms with Crippen molar-refractivity contribution in [3.63, 3.8) is 0 Å². The van der Waals surface area contributed by atoms with Crippen molar-refractivity contribution in [2.24, 2.45) is 5.73 Å². The third-order valence-corrected chi connectivity index (χ3v) is 3.62. The second-order valence-corrected chi connectivity index (χ2v) is 5.02. The fourth-order valence-electron chi connectivity index (χ4n) is 2.25. The first-order valence-corrected chi connectivity index (χ1v) is 7.17. The zero-order valence-corrected chi connectivity index (χ0v) is 13.0. The standard InChI is InChI=1S/C17H18N4O2/c1-22-13-7-3-11(4-8-13)15(18)17-19-16(20-21-17)12-5-9-14(23-2)10-6-12/h3-10,15H,18H2,1-2H3,(H,19,20,21). The van der Waals surface area contributed by atoms with Crippen molar-refractivity contribution in [2.75, 3.05) is 14.2 Å². The van der Waals surface area contributed by atoms with E-state index in [1.165, 1.54) is 0 Å². The van der Waals surface area contributed by atoms with Crippen LogP contribution in [-0.2, 0) is 0 Å². The molecule has 0 bridgehead atoms. The quantitative estimate of drug-likeness (QED) is 0.756. The second-order valence-electron chi connectivity index (χ2n) is 5.02. The minimum atomic E-state index is -0.375. The van der Waals surface area contributed by atoms with Crippen LogP contribution in [0.15, 0.2) is 48.5 Å². The van der Waals surface area contributed by atoms with E-state index in [1.54, 1.807) is 14.2 Å². The van der Waals surface area contributed by atoms with Crippen molar-refractivity contribution >= 4 is 0 Å². The van der Waals surface area contributed by atoms with Crippen LogP contribution in [0.1, 0.15) is 17.4 Å². The molecule has 0 radical (unpaired) electrons. The van der Waals surface area contributed by atoms with Crippen molar-refractivity contribution in [2.45, 2.75) is 6.04 Å². The number of aromatic amines is 1. The number of benzene rings is 2. The fraction of sp³-hybridized carbons (Fsp3) is 0.176. The van der Waals surface area contributed by atoms with Crippen LogP contribution in [0.5, 0.6) is 11.5 Å². The molecule has 1 heterocycles. The third-order valence-electron chi connectivity index (χ3n) is 3.62. The molecular weight excluding hydrogens is 292 g/mol. The number of H-pyrrole nitrogens is 1. The Balaban J connectivity index is 1.82. The molecule has 0 fully saturated rings. The highest BCUT2D eigenvalue weighted by Crippen LogP contribution is 2.23. The summed E-state index contributed by atoms with van der Waals surface area (Å²) >= 11 is 0. The first-order valence-electron chi connectivity index (χ1n) is 7.17. The Bertz CT molecular complexity index is 766. The third kappa shape index (κ3) is 3.17. The first kappa shape index (κ1) is 15.1. The molecule has 0 amide bonds. The number of aromatic nitrogens is 3. The van der Waals surface area contributed by atoms with E-state index < -0.39 is 0 Å². The lowest BCUT2D eigenvalue weighted by molar-refractivity contribution is 0.414. The lowest BCUT2D eigenvalue weighted by Crippen LogP contribution is -2.13. The molecule has 3 N–H and O–H groups in total. The molecule has 2 aromatic carbocycles. The normalized spacial score (nSPS) is 12.0. The van der Waals surface area contributed by atoms with Gasteiger partial charge in [-0.3, -0.25) is 5.10 Å². The van der Waals surface area contributed by atoms with Gasteiger partial charge in [0.2, 0.25) is 0 Å². The van der Waals surface area contributed by atoms with E-state index in [2.05, 4.69) is 15.2 Å². The van der Waals surface area contributed by atoms with Crippen molar-refractivity contribution in [3.8, 4) is 22.9 Å². The molecule has 118 valence electrons. The van der Waals surface area contributed by atoms with E-state index >= 15 is 0 Å². The van der Waals surface area contributed by atoms with Crippen LogP contribution in [0.4, 0.5) is 0 Å². The first-order chi connectivity index (χ1) is 11.2. The van der Waals surface area contributed by atoms with Crippen LogP contribution in [0, 0.1) is 0 Å². The molecule has 0 saturated heterocycles. The Hall–Kier alpha value is -2.86. The molecule has 0 saturated carbocycles. The summed E-state index contributed by atoms with van der Waals surface area (Å²) in [5, 5.41) is 7.15. The van der Waals surface area contributed by atoms with Gasteiger partial charge in [0.25, 0.3) is 0 Å². The SMILES string of the molecule is COc1ccc(-c2n[nH]c(C(N)c3ccc(OC)cc3)n2)cc1. The van der Waals surface area contributed by atoms with Gasteiger partial charge in [0, 0.05) is 5.56 Å². The molecule has 23 heavy (non-hydrogen) atoms. The number of ether oxygens (including phenoxy) is 2. The second kappa shape index (κ2) is 6.50. The van der Waals surface area contributed by atoms with Crippen LogP contribution in [0.3, 0.4) is 0 Å². The minimum absolute atomic E-state index is 0.375. The highest BCUT2D eigenvalue weighted by molar-refractivity contribution is 5.56. The summed E-state index contributed by atoms with van der Waals surface area (Å²) in [7, 11) is 3.26. The molecule has 6 nitrogen and oxygen atoms in total. The summed E-state index contributed by atoms with van der Waals surface area (Å²) in [5.74, 6) is 2.80. The highest BCUT2D eigenvalue weighted by atomic mass is 16.5. The summed E-state index contributed by atoms with van der Waals surface area (Å²) in [6.07, 6.45) is 0. The largest absolute Gasteiger partial charge is 0.497 e. The summed E-state index contributed by atoms with van der Waals surface area (Å²) in [6.45, 7) is 0. The van der Waals surface area contributed by atoms with Crippen LogP contribution in [0.25, 0.3) is 11.4 Å². The number of hydrogen-bond donors (Lipinski definition) is 2. The Morgan fingerprint density at radius 3 is 2.04 bits per heavy atom. The molecule has 0 aliphatic rings. The van der Waals surface area contributed by atoms with Crippen LogP contribution in [-0.4, -0.2) is 29.4 Å². The maximum Gasteiger partial charge on any atom is 0.181 e. The number of hydrogen-bond acceptors (Lipinski definition) is 5. The van der Waals surface area contributed by atoms with Crippen LogP contribution in [0.2, 0.25) is 0 Å². The van der Waals surface area contributed by atoms with Gasteiger partial charge in [-0.2, -0.15) is 5.10 Å². The Labute approximate surface area is 134 Å². The zero-order chi connectivity index (χ0) is 16.2. The number of methoxy groups -OCH3 is 2. The van der Waals surface area contributed by atoms with E-state index in [0.717, 1.165) is 22.6 Å². The van der Waals surface area contributed by atoms with Gasteiger partial charge in [-0.25, -0.2) is 4.98 Å². The molecule has 1 aromatic heterocycles. The van der Waals surface area contributed by atoms with Crippen molar-refractivity contribution in [3.05, 3.63) is 59.9 Å². The van der Waals surface area contributed by atoms with E-state index in [0.29, 0.717) is 11.6 Å². The Kier molecular flexibility index (Phi) is 4.25. The van der Waals surface area contributed by atoms with E-state index in [9.17, 15) is 0 Å². The number of nitrogens with two attached hydrogens (primary N) is 1. The summed E-state index contributed by atoms with van der Waals surface area (Å²) in [6, 6.07) is 14.8. The van der Waals surface area contributed by atoms with Crippen molar-refractivity contribution in [1.82, 2.24) is 15.2 Å². The van der Waals surface area contributed by atoms with Gasteiger partial charge in [-0.1, -0.05) is 12.1 Å². The van der Waals surface area contributed by atoms with E-state index in [4.69, 9.17) is 15.2 Å². The summed E-state index contributed by atoms with van der Waals surface area (Å²) < 4.78 is 10.3. The molecule has 3 rings (SSSR count). The van der Waals surface area contributed by atoms with E-state index in [-0.39, 0.29) is 6.04 Å². The predicted molar refractivity (Wildman–Crippen MR) is 87.4 cm³/mol. The van der Waals surface area contributed by atoms with Gasteiger partial charge in [0.05, 0.1) is 20.3 Å².